The summed E-state index contributed by atoms with van der Waals surface area (Å²) in [5.74, 6) is 0. The molecule has 0 radical (unpaired) electrons. The molecule has 2 aromatic carbocycles. The maximum atomic E-state index is 12.8. The van der Waals surface area contributed by atoms with Crippen molar-refractivity contribution < 1.29 is 13.2 Å². The third-order valence-corrected chi connectivity index (χ3v) is 4.21. The SMILES string of the molecule is FC(F)(F)c1ccc2c(c1)C(Cl)c1ccccc1CC2. The van der Waals surface area contributed by atoms with Crippen LogP contribution in [0.5, 0.6) is 0 Å². The smallest absolute Gasteiger partial charge is 0.166 e. The Balaban J connectivity index is 2.13. The van der Waals surface area contributed by atoms with Crippen LogP contribution in [-0.2, 0) is 19.0 Å². The van der Waals surface area contributed by atoms with E-state index in [1.54, 1.807) is 6.07 Å². The van der Waals surface area contributed by atoms with Crippen molar-refractivity contribution in [3.63, 3.8) is 0 Å². The topological polar surface area (TPSA) is 0 Å². The highest BCUT2D eigenvalue weighted by molar-refractivity contribution is 6.22. The number of aryl methyl sites for hydroxylation is 2. The molecule has 1 atom stereocenters. The van der Waals surface area contributed by atoms with E-state index >= 15 is 0 Å². The first-order valence-corrected chi connectivity index (χ1v) is 6.82. The molecule has 1 aliphatic rings. The third-order valence-electron chi connectivity index (χ3n) is 3.74. The average Bonchev–Trinajstić information content (AvgIpc) is 2.56. The van der Waals surface area contributed by atoms with Gasteiger partial charge in [0.25, 0.3) is 0 Å². The normalized spacial score (nSPS) is 18.1. The van der Waals surface area contributed by atoms with Crippen molar-refractivity contribution in [1.82, 2.24) is 0 Å². The van der Waals surface area contributed by atoms with Gasteiger partial charge in [-0.25, -0.2) is 0 Å². The molecule has 0 amide bonds. The molecular weight excluding hydrogens is 285 g/mol. The molecule has 20 heavy (non-hydrogen) atoms. The number of alkyl halides is 4. The van der Waals surface area contributed by atoms with Gasteiger partial charge in [-0.2, -0.15) is 13.2 Å². The fourth-order valence-corrected chi connectivity index (χ4v) is 3.10. The lowest BCUT2D eigenvalue weighted by atomic mass is 9.97. The molecule has 0 aliphatic heterocycles. The van der Waals surface area contributed by atoms with E-state index in [9.17, 15) is 13.2 Å². The van der Waals surface area contributed by atoms with Gasteiger partial charge in [-0.05, 0) is 47.2 Å². The van der Waals surface area contributed by atoms with Crippen LogP contribution >= 0.6 is 11.6 Å². The van der Waals surface area contributed by atoms with E-state index in [0.29, 0.717) is 12.0 Å². The van der Waals surface area contributed by atoms with E-state index in [2.05, 4.69) is 0 Å². The van der Waals surface area contributed by atoms with Crippen molar-refractivity contribution in [2.75, 3.05) is 0 Å². The van der Waals surface area contributed by atoms with E-state index in [-0.39, 0.29) is 0 Å². The van der Waals surface area contributed by atoms with Crippen LogP contribution in [0.15, 0.2) is 42.5 Å². The zero-order chi connectivity index (χ0) is 14.3. The summed E-state index contributed by atoms with van der Waals surface area (Å²) in [6.45, 7) is 0. The minimum atomic E-state index is -4.34. The highest BCUT2D eigenvalue weighted by Crippen LogP contribution is 2.39. The zero-order valence-corrected chi connectivity index (χ0v) is 11.3. The van der Waals surface area contributed by atoms with Crippen LogP contribution in [0.1, 0.15) is 33.2 Å². The second-order valence-corrected chi connectivity index (χ2v) is 5.41. The Hall–Kier alpha value is -1.48. The van der Waals surface area contributed by atoms with Crippen LogP contribution < -0.4 is 0 Å². The number of benzene rings is 2. The van der Waals surface area contributed by atoms with Gasteiger partial charge in [0, 0.05) is 0 Å². The molecule has 0 N–H and O–H groups in total. The summed E-state index contributed by atoms with van der Waals surface area (Å²) in [5, 5.41) is -0.522. The molecule has 0 saturated carbocycles. The first-order chi connectivity index (χ1) is 9.47. The first kappa shape index (κ1) is 13.5. The summed E-state index contributed by atoms with van der Waals surface area (Å²) in [6, 6.07) is 11.6. The molecule has 0 spiro atoms. The van der Waals surface area contributed by atoms with Gasteiger partial charge in [-0.15, -0.1) is 11.6 Å². The van der Waals surface area contributed by atoms with Crippen molar-refractivity contribution in [2.24, 2.45) is 0 Å². The molecule has 0 bridgehead atoms. The number of rotatable bonds is 0. The van der Waals surface area contributed by atoms with Gasteiger partial charge >= 0.3 is 6.18 Å². The summed E-state index contributed by atoms with van der Waals surface area (Å²) in [6.07, 6.45) is -2.82. The van der Waals surface area contributed by atoms with E-state index in [4.69, 9.17) is 11.6 Å². The molecule has 0 aromatic heterocycles. The number of hydrogen-bond acceptors (Lipinski definition) is 0. The molecule has 2 aromatic rings. The summed E-state index contributed by atoms with van der Waals surface area (Å²) in [4.78, 5) is 0. The predicted octanol–water partition coefficient (Wildman–Crippen LogP) is 5.13. The molecule has 1 unspecified atom stereocenters. The third kappa shape index (κ3) is 2.31. The maximum Gasteiger partial charge on any atom is 0.416 e. The highest BCUT2D eigenvalue weighted by Gasteiger charge is 2.32. The Labute approximate surface area is 120 Å². The van der Waals surface area contributed by atoms with Crippen LogP contribution in [0.2, 0.25) is 0 Å². The average molecular weight is 297 g/mol. The minimum Gasteiger partial charge on any atom is -0.166 e. The summed E-state index contributed by atoms with van der Waals surface area (Å²) in [5.41, 5.74) is 2.85. The van der Waals surface area contributed by atoms with E-state index in [1.165, 1.54) is 6.07 Å². The van der Waals surface area contributed by atoms with Crippen LogP contribution in [0.4, 0.5) is 13.2 Å². The second-order valence-electron chi connectivity index (χ2n) is 4.97. The molecule has 0 saturated heterocycles. The molecule has 3 rings (SSSR count). The lowest BCUT2D eigenvalue weighted by Gasteiger charge is -2.16. The van der Waals surface area contributed by atoms with Crippen LogP contribution in [-0.4, -0.2) is 0 Å². The number of hydrogen-bond donors (Lipinski definition) is 0. The van der Waals surface area contributed by atoms with Crippen molar-refractivity contribution >= 4 is 11.6 Å². The highest BCUT2D eigenvalue weighted by atomic mass is 35.5. The zero-order valence-electron chi connectivity index (χ0n) is 10.5. The number of fused-ring (bicyclic) bond motifs is 2. The van der Waals surface area contributed by atoms with E-state index < -0.39 is 17.1 Å². The Bertz CT molecular complexity index is 646. The van der Waals surface area contributed by atoms with Crippen molar-refractivity contribution in [3.05, 3.63) is 70.3 Å². The Morgan fingerprint density at radius 3 is 2.25 bits per heavy atom. The Morgan fingerprint density at radius 2 is 1.55 bits per heavy atom. The lowest BCUT2D eigenvalue weighted by Crippen LogP contribution is -2.07. The van der Waals surface area contributed by atoms with Gasteiger partial charge in [-0.3, -0.25) is 0 Å². The molecule has 1 aliphatic carbocycles. The van der Waals surface area contributed by atoms with Crippen LogP contribution in [0.3, 0.4) is 0 Å². The minimum absolute atomic E-state index is 0.522. The van der Waals surface area contributed by atoms with Gasteiger partial charge < -0.3 is 0 Å². The van der Waals surface area contributed by atoms with Crippen molar-refractivity contribution in [1.29, 1.82) is 0 Å². The van der Waals surface area contributed by atoms with E-state index in [1.807, 2.05) is 24.3 Å². The fourth-order valence-electron chi connectivity index (χ4n) is 2.68. The Kier molecular flexibility index (Phi) is 3.25. The fraction of sp³-hybridized carbons (Fsp3) is 0.250. The summed E-state index contributed by atoms with van der Waals surface area (Å²) < 4.78 is 38.5. The van der Waals surface area contributed by atoms with Gasteiger partial charge in [0.2, 0.25) is 0 Å². The van der Waals surface area contributed by atoms with Gasteiger partial charge in [-0.1, -0.05) is 30.3 Å². The molecule has 0 heterocycles. The molecule has 0 fully saturated rings. The van der Waals surface area contributed by atoms with Crippen molar-refractivity contribution in [2.45, 2.75) is 24.4 Å². The largest absolute Gasteiger partial charge is 0.416 e. The molecule has 0 nitrogen and oxygen atoms in total. The van der Waals surface area contributed by atoms with Crippen LogP contribution in [0, 0.1) is 0 Å². The molecular formula is C16H12ClF3. The van der Waals surface area contributed by atoms with Crippen LogP contribution in [0.25, 0.3) is 0 Å². The second kappa shape index (κ2) is 4.81. The maximum absolute atomic E-state index is 12.8. The van der Waals surface area contributed by atoms with Crippen molar-refractivity contribution in [3.8, 4) is 0 Å². The standard InChI is InChI=1S/C16H12ClF3/c17-15-13-4-2-1-3-10(13)5-6-11-7-8-12(9-14(11)15)16(18,19)20/h1-4,7-9,15H,5-6H2. The van der Waals surface area contributed by atoms with E-state index in [0.717, 1.165) is 29.2 Å². The lowest BCUT2D eigenvalue weighted by molar-refractivity contribution is -0.137. The predicted molar refractivity (Wildman–Crippen MR) is 73.0 cm³/mol. The van der Waals surface area contributed by atoms with Gasteiger partial charge in [0.15, 0.2) is 0 Å². The first-order valence-electron chi connectivity index (χ1n) is 6.39. The quantitative estimate of drug-likeness (QED) is 0.591. The van der Waals surface area contributed by atoms with Gasteiger partial charge in [0.05, 0.1) is 10.9 Å². The van der Waals surface area contributed by atoms with Gasteiger partial charge in [0.1, 0.15) is 0 Å². The summed E-state index contributed by atoms with van der Waals surface area (Å²) >= 11 is 6.44. The Morgan fingerprint density at radius 1 is 0.900 bits per heavy atom. The number of halogens is 4. The molecule has 104 valence electrons. The monoisotopic (exact) mass is 296 g/mol. The molecule has 4 heteroatoms. The summed E-state index contributed by atoms with van der Waals surface area (Å²) in [7, 11) is 0.